The van der Waals surface area contributed by atoms with Crippen LogP contribution in [0.4, 0.5) is 21.0 Å². The van der Waals surface area contributed by atoms with Gasteiger partial charge in [-0.1, -0.05) is 0 Å². The van der Waals surface area contributed by atoms with E-state index in [4.69, 9.17) is 9.47 Å². The Morgan fingerprint density at radius 1 is 1.00 bits per heavy atom. The van der Waals surface area contributed by atoms with Crippen molar-refractivity contribution in [1.29, 1.82) is 0 Å². The van der Waals surface area contributed by atoms with Gasteiger partial charge < -0.3 is 24.8 Å². The molecule has 1 aliphatic heterocycles. The molecule has 1 aliphatic rings. The third kappa shape index (κ3) is 7.29. The number of nitrogens with zero attached hydrogens (tertiary/aromatic N) is 3. The van der Waals surface area contributed by atoms with Crippen molar-refractivity contribution in [3.8, 4) is 0 Å². The van der Waals surface area contributed by atoms with E-state index in [0.717, 1.165) is 0 Å². The van der Waals surface area contributed by atoms with Gasteiger partial charge in [-0.05, 0) is 41.8 Å². The predicted octanol–water partition coefficient (Wildman–Crippen LogP) is 2.80. The van der Waals surface area contributed by atoms with Crippen LogP contribution >= 0.6 is 12.6 Å². The van der Waals surface area contributed by atoms with Crippen LogP contribution < -0.4 is 5.32 Å². The third-order valence-corrected chi connectivity index (χ3v) is 5.86. The molecular formula is C22H24N4O9S. The number of nitrogens with one attached hydrogen (secondary N) is 1. The van der Waals surface area contributed by atoms with Gasteiger partial charge in [-0.25, -0.2) is 9.59 Å². The predicted molar refractivity (Wildman–Crippen MR) is 128 cm³/mol. The number of ether oxygens (including phenoxy) is 2. The van der Waals surface area contributed by atoms with Crippen LogP contribution in [0.15, 0.2) is 48.5 Å². The van der Waals surface area contributed by atoms with E-state index < -0.39 is 34.2 Å². The van der Waals surface area contributed by atoms with Crippen molar-refractivity contribution >= 4 is 36.2 Å². The molecule has 14 heteroatoms. The maximum absolute atomic E-state index is 12.6. The highest BCUT2D eigenvalue weighted by molar-refractivity contribution is 7.81. The number of aliphatic hydroxyl groups excluding tert-OH is 1. The van der Waals surface area contributed by atoms with Gasteiger partial charge in [0.05, 0.1) is 22.0 Å². The number of non-ortho nitro benzene ring substituents is 2. The number of rotatable bonds is 9. The Labute approximate surface area is 210 Å². The van der Waals surface area contributed by atoms with Crippen LogP contribution in [-0.4, -0.2) is 62.5 Å². The van der Waals surface area contributed by atoms with E-state index in [9.17, 15) is 34.9 Å². The molecular weight excluding hydrogens is 496 g/mol. The standard InChI is InChI=1S/C22H24N4O9S/c27-20(10-23-21(28)34-12-14-1-5-16(6-2-14)25(30)31)19-9-18(36)11-24(19)22(29)35-13-15-3-7-17(8-4-15)26(32)33/h1-8,18-20,27,36H,9-13H2,(H,23,28)/t18-,19-,20+/m0/s1. The maximum atomic E-state index is 12.6. The summed E-state index contributed by atoms with van der Waals surface area (Å²) in [5, 5.41) is 34.2. The fourth-order valence-corrected chi connectivity index (χ4v) is 3.99. The largest absolute Gasteiger partial charge is 0.445 e. The number of nitro groups is 2. The average molecular weight is 521 g/mol. The fourth-order valence-electron chi connectivity index (χ4n) is 3.60. The minimum Gasteiger partial charge on any atom is -0.445 e. The van der Waals surface area contributed by atoms with Gasteiger partial charge in [0.15, 0.2) is 0 Å². The molecule has 13 nitrogen and oxygen atoms in total. The molecule has 0 bridgehead atoms. The number of alkyl carbamates (subject to hydrolysis) is 1. The molecule has 1 saturated heterocycles. The lowest BCUT2D eigenvalue weighted by Crippen LogP contribution is -2.47. The number of thiol groups is 1. The van der Waals surface area contributed by atoms with Gasteiger partial charge in [0, 0.05) is 42.6 Å². The van der Waals surface area contributed by atoms with E-state index in [-0.39, 0.29) is 42.9 Å². The molecule has 2 aromatic carbocycles. The summed E-state index contributed by atoms with van der Waals surface area (Å²) in [6.45, 7) is -0.200. The zero-order valence-electron chi connectivity index (χ0n) is 18.9. The summed E-state index contributed by atoms with van der Waals surface area (Å²) in [6.07, 6.45) is -2.24. The number of likely N-dealkylation sites (tertiary alicyclic amines) is 1. The van der Waals surface area contributed by atoms with Crippen LogP contribution in [0.1, 0.15) is 17.5 Å². The molecule has 1 heterocycles. The van der Waals surface area contributed by atoms with Crippen LogP contribution in [0.25, 0.3) is 0 Å². The van der Waals surface area contributed by atoms with E-state index in [1.165, 1.54) is 53.4 Å². The molecule has 2 N–H and O–H groups in total. The lowest BCUT2D eigenvalue weighted by Gasteiger charge is -2.28. The molecule has 1 fully saturated rings. The first-order valence-electron chi connectivity index (χ1n) is 10.8. The van der Waals surface area contributed by atoms with Crippen molar-refractivity contribution in [3.63, 3.8) is 0 Å². The lowest BCUT2D eigenvalue weighted by molar-refractivity contribution is -0.385. The number of hydrogen-bond donors (Lipinski definition) is 3. The molecule has 0 saturated carbocycles. The first-order chi connectivity index (χ1) is 17.1. The van der Waals surface area contributed by atoms with Gasteiger partial charge in [0.1, 0.15) is 13.2 Å². The van der Waals surface area contributed by atoms with Crippen LogP contribution in [-0.2, 0) is 22.7 Å². The quantitative estimate of drug-likeness (QED) is 0.255. The van der Waals surface area contributed by atoms with Crippen molar-refractivity contribution in [1.82, 2.24) is 10.2 Å². The summed E-state index contributed by atoms with van der Waals surface area (Å²) >= 11 is 4.39. The topological polar surface area (TPSA) is 174 Å². The Balaban J connectivity index is 1.46. The van der Waals surface area contributed by atoms with Crippen molar-refractivity contribution in [2.45, 2.75) is 37.0 Å². The van der Waals surface area contributed by atoms with Crippen molar-refractivity contribution < 1.29 is 34.0 Å². The van der Waals surface area contributed by atoms with Crippen molar-refractivity contribution in [2.75, 3.05) is 13.1 Å². The van der Waals surface area contributed by atoms with Gasteiger partial charge in [0.25, 0.3) is 11.4 Å². The fraction of sp³-hybridized carbons (Fsp3) is 0.364. The van der Waals surface area contributed by atoms with Crippen LogP contribution in [0.3, 0.4) is 0 Å². The number of amides is 2. The molecule has 0 aromatic heterocycles. The van der Waals surface area contributed by atoms with Crippen LogP contribution in [0.2, 0.25) is 0 Å². The third-order valence-electron chi connectivity index (χ3n) is 5.48. The van der Waals surface area contributed by atoms with Gasteiger partial charge in [-0.2, -0.15) is 12.6 Å². The molecule has 36 heavy (non-hydrogen) atoms. The number of carbonyl (C=O) groups is 2. The molecule has 3 rings (SSSR count). The zero-order chi connectivity index (χ0) is 26.2. The number of hydrogen-bond acceptors (Lipinski definition) is 10. The monoisotopic (exact) mass is 520 g/mol. The van der Waals surface area contributed by atoms with Crippen molar-refractivity contribution in [2.24, 2.45) is 0 Å². The molecule has 192 valence electrons. The zero-order valence-corrected chi connectivity index (χ0v) is 19.8. The molecule has 3 atom stereocenters. The van der Waals surface area contributed by atoms with Crippen LogP contribution in [0, 0.1) is 20.2 Å². The number of benzene rings is 2. The first kappa shape index (κ1) is 26.7. The summed E-state index contributed by atoms with van der Waals surface area (Å²) in [7, 11) is 0. The normalized spacial score (nSPS) is 17.8. The highest BCUT2D eigenvalue weighted by Crippen LogP contribution is 2.25. The summed E-state index contributed by atoms with van der Waals surface area (Å²) in [6, 6.07) is 10.4. The van der Waals surface area contributed by atoms with Gasteiger partial charge in [0.2, 0.25) is 0 Å². The van der Waals surface area contributed by atoms with Gasteiger partial charge in [-0.3, -0.25) is 20.2 Å². The van der Waals surface area contributed by atoms with E-state index in [1.54, 1.807) is 0 Å². The lowest BCUT2D eigenvalue weighted by atomic mass is 10.1. The van der Waals surface area contributed by atoms with Crippen LogP contribution in [0.5, 0.6) is 0 Å². The Kier molecular flexibility index (Phi) is 9.02. The maximum Gasteiger partial charge on any atom is 0.410 e. The minimum absolute atomic E-state index is 0.0792. The summed E-state index contributed by atoms with van der Waals surface area (Å²) in [4.78, 5) is 46.3. The SMILES string of the molecule is O=C(NC[C@@H](O)[C@@H]1C[C@H](S)CN1C(=O)OCc1ccc([N+](=O)[O-])cc1)OCc1ccc([N+](=O)[O-])cc1. The minimum atomic E-state index is -1.12. The number of aliphatic hydroxyl groups is 1. The highest BCUT2D eigenvalue weighted by atomic mass is 32.1. The Hall–Kier alpha value is -3.91. The van der Waals surface area contributed by atoms with Crippen molar-refractivity contribution in [3.05, 3.63) is 79.9 Å². The molecule has 0 radical (unpaired) electrons. The van der Waals surface area contributed by atoms with E-state index >= 15 is 0 Å². The Morgan fingerprint density at radius 2 is 1.50 bits per heavy atom. The second kappa shape index (κ2) is 12.2. The average Bonchev–Trinajstić information content (AvgIpc) is 3.26. The first-order valence-corrected chi connectivity index (χ1v) is 11.3. The second-order valence-electron chi connectivity index (χ2n) is 8.04. The smallest absolute Gasteiger partial charge is 0.410 e. The van der Waals surface area contributed by atoms with E-state index in [0.29, 0.717) is 17.5 Å². The number of carbonyl (C=O) groups excluding carboxylic acids is 2. The van der Waals surface area contributed by atoms with Gasteiger partial charge in [-0.15, -0.1) is 0 Å². The summed E-state index contributed by atoms with van der Waals surface area (Å²) in [5.74, 6) is 0. The molecule has 0 spiro atoms. The summed E-state index contributed by atoms with van der Waals surface area (Å²) in [5.41, 5.74) is 0.947. The Bertz CT molecular complexity index is 1100. The van der Waals surface area contributed by atoms with E-state index in [2.05, 4.69) is 17.9 Å². The van der Waals surface area contributed by atoms with Gasteiger partial charge >= 0.3 is 12.2 Å². The molecule has 2 aromatic rings. The van der Waals surface area contributed by atoms with E-state index in [1.807, 2.05) is 0 Å². The highest BCUT2D eigenvalue weighted by Gasteiger charge is 2.39. The summed E-state index contributed by atoms with van der Waals surface area (Å²) < 4.78 is 10.3. The molecule has 0 unspecified atom stereocenters. The molecule has 0 aliphatic carbocycles. The second-order valence-corrected chi connectivity index (χ2v) is 8.77. The number of nitro benzene ring substituents is 2. The molecule has 2 amide bonds. The Morgan fingerprint density at radius 3 is 2.00 bits per heavy atom.